The Kier molecular flexibility index (Phi) is 6.76. The third-order valence-electron chi connectivity index (χ3n) is 5.89. The van der Waals surface area contributed by atoms with E-state index in [0.29, 0.717) is 11.0 Å². The molecule has 2 aliphatic heterocycles. The first-order valence-electron chi connectivity index (χ1n) is 11.3. The van der Waals surface area contributed by atoms with Crippen molar-refractivity contribution < 1.29 is 19.2 Å². The van der Waals surface area contributed by atoms with E-state index in [1.807, 2.05) is 66.7 Å². The lowest BCUT2D eigenvalue weighted by atomic mass is 10.1. The third-order valence-corrected chi connectivity index (χ3v) is 6.36. The maximum Gasteiger partial charge on any atom is 0.411 e. The second-order valence-corrected chi connectivity index (χ2v) is 9.28. The Morgan fingerprint density at radius 3 is 2.74 bits per heavy atom. The number of halogens is 1. The van der Waals surface area contributed by atoms with E-state index in [1.165, 1.54) is 4.90 Å². The normalized spacial score (nSPS) is 19.2. The van der Waals surface area contributed by atoms with Crippen LogP contribution in [0.3, 0.4) is 0 Å². The number of carbonyl (C=O) groups excluding carboxylic acids is 2. The number of hydrogen-bond acceptors (Lipinski definition) is 6. The van der Waals surface area contributed by atoms with Gasteiger partial charge in [0.25, 0.3) is 0 Å². The number of carbonyl (C=O) groups is 2. The van der Waals surface area contributed by atoms with E-state index in [2.05, 4.69) is 31.4 Å². The fourth-order valence-corrected chi connectivity index (χ4v) is 4.54. The fourth-order valence-electron chi connectivity index (χ4n) is 4.10. The van der Waals surface area contributed by atoms with Crippen LogP contribution in [0.25, 0.3) is 16.5 Å². The van der Waals surface area contributed by atoms with Crippen LogP contribution in [0.1, 0.15) is 17.5 Å². The van der Waals surface area contributed by atoms with Crippen LogP contribution in [0.2, 0.25) is 0 Å². The zero-order chi connectivity index (χ0) is 24.2. The van der Waals surface area contributed by atoms with Crippen LogP contribution in [-0.2, 0) is 21.0 Å². The Bertz CT molecular complexity index is 1310. The maximum atomic E-state index is 13.1. The molecule has 3 aromatic rings. The standard InChI is InChI=1S/C26H23BrN4O4/c27-24-12-21(35-30-24)14-29-25(32)23-11-20(18-6-2-1-3-7-18)15-31(23)26(33)34-16-17-10-19-8-4-5-9-22(19)28-13-17/h1-11,13,21,23H,12,14-16H2,(H,29,32)/t21-,23-/m0/s1. The molecule has 35 heavy (non-hydrogen) atoms. The molecular weight excluding hydrogens is 512 g/mol. The molecule has 0 bridgehead atoms. The number of aromatic nitrogens is 1. The number of oxime groups is 1. The van der Waals surface area contributed by atoms with Gasteiger partial charge in [-0.1, -0.05) is 53.7 Å². The van der Waals surface area contributed by atoms with Crippen molar-refractivity contribution in [1.29, 1.82) is 0 Å². The lowest BCUT2D eigenvalue weighted by Gasteiger charge is -2.24. The van der Waals surface area contributed by atoms with E-state index < -0.39 is 12.1 Å². The van der Waals surface area contributed by atoms with Crippen LogP contribution in [0.4, 0.5) is 4.79 Å². The summed E-state index contributed by atoms with van der Waals surface area (Å²) in [7, 11) is 0. The Labute approximate surface area is 210 Å². The average molecular weight is 535 g/mol. The molecule has 1 N–H and O–H groups in total. The minimum Gasteiger partial charge on any atom is -0.444 e. The zero-order valence-corrected chi connectivity index (χ0v) is 20.3. The summed E-state index contributed by atoms with van der Waals surface area (Å²) in [6.45, 7) is 0.614. The lowest BCUT2D eigenvalue weighted by molar-refractivity contribution is -0.124. The Balaban J connectivity index is 1.28. The van der Waals surface area contributed by atoms with E-state index in [0.717, 1.165) is 27.6 Å². The zero-order valence-electron chi connectivity index (χ0n) is 18.8. The van der Waals surface area contributed by atoms with Crippen molar-refractivity contribution in [3.63, 3.8) is 0 Å². The highest BCUT2D eigenvalue weighted by Crippen LogP contribution is 2.26. The molecule has 0 saturated carbocycles. The molecule has 9 heteroatoms. The van der Waals surface area contributed by atoms with Crippen molar-refractivity contribution in [2.75, 3.05) is 13.1 Å². The molecule has 2 amide bonds. The van der Waals surface area contributed by atoms with Crippen LogP contribution in [0.5, 0.6) is 0 Å². The number of fused-ring (bicyclic) bond motifs is 1. The molecule has 2 aliphatic rings. The van der Waals surface area contributed by atoms with Crippen LogP contribution in [-0.4, -0.2) is 51.7 Å². The topological polar surface area (TPSA) is 93.1 Å². The highest BCUT2D eigenvalue weighted by molar-refractivity contribution is 9.18. The van der Waals surface area contributed by atoms with Gasteiger partial charge in [-0.05, 0) is 45.3 Å². The Morgan fingerprint density at radius 1 is 1.14 bits per heavy atom. The van der Waals surface area contributed by atoms with Gasteiger partial charge in [-0.3, -0.25) is 14.7 Å². The summed E-state index contributed by atoms with van der Waals surface area (Å²) >= 11 is 3.29. The number of amides is 2. The van der Waals surface area contributed by atoms with Gasteiger partial charge in [0.05, 0.1) is 18.6 Å². The molecule has 0 aliphatic carbocycles. The molecule has 1 aromatic heterocycles. The first-order chi connectivity index (χ1) is 17.1. The van der Waals surface area contributed by atoms with Gasteiger partial charge in [0.2, 0.25) is 5.91 Å². The first kappa shape index (κ1) is 23.0. The van der Waals surface area contributed by atoms with Crippen molar-refractivity contribution in [2.24, 2.45) is 5.16 Å². The van der Waals surface area contributed by atoms with E-state index >= 15 is 0 Å². The number of rotatable bonds is 6. The van der Waals surface area contributed by atoms with Crippen molar-refractivity contribution in [2.45, 2.75) is 25.2 Å². The number of pyridine rings is 1. The van der Waals surface area contributed by atoms with E-state index in [1.54, 1.807) is 6.20 Å². The minimum absolute atomic E-state index is 0.0590. The van der Waals surface area contributed by atoms with E-state index in [-0.39, 0.29) is 31.7 Å². The summed E-state index contributed by atoms with van der Waals surface area (Å²) in [4.78, 5) is 37.3. The monoisotopic (exact) mass is 534 g/mol. The van der Waals surface area contributed by atoms with Gasteiger partial charge in [-0.2, -0.15) is 0 Å². The van der Waals surface area contributed by atoms with Gasteiger partial charge < -0.3 is 14.9 Å². The van der Waals surface area contributed by atoms with Crippen molar-refractivity contribution >= 4 is 49.0 Å². The molecule has 0 radical (unpaired) electrons. The third kappa shape index (κ3) is 5.35. The predicted octanol–water partition coefficient (Wildman–Crippen LogP) is 4.25. The highest BCUT2D eigenvalue weighted by atomic mass is 79.9. The van der Waals surface area contributed by atoms with Gasteiger partial charge in [0.15, 0.2) is 6.10 Å². The quantitative estimate of drug-likeness (QED) is 0.510. The van der Waals surface area contributed by atoms with Crippen molar-refractivity contribution in [3.8, 4) is 0 Å². The number of benzene rings is 2. The molecule has 0 fully saturated rings. The van der Waals surface area contributed by atoms with Gasteiger partial charge in [-0.25, -0.2) is 4.79 Å². The Morgan fingerprint density at radius 2 is 1.94 bits per heavy atom. The summed E-state index contributed by atoms with van der Waals surface area (Å²) in [6, 6.07) is 18.6. The second-order valence-electron chi connectivity index (χ2n) is 8.37. The highest BCUT2D eigenvalue weighted by Gasteiger charge is 2.36. The number of para-hydroxylation sites is 1. The van der Waals surface area contributed by atoms with Crippen LogP contribution in [0, 0.1) is 0 Å². The predicted molar refractivity (Wildman–Crippen MR) is 136 cm³/mol. The molecule has 178 valence electrons. The van der Waals surface area contributed by atoms with E-state index in [9.17, 15) is 9.59 Å². The molecule has 0 unspecified atom stereocenters. The maximum absolute atomic E-state index is 13.1. The molecule has 2 aromatic carbocycles. The average Bonchev–Trinajstić information content (AvgIpc) is 3.53. The SMILES string of the molecule is O=C(NC[C@@H]1CC(Br)=NO1)[C@@H]1C=C(c2ccccc2)CN1C(=O)OCc1cnc2ccccc2c1. The van der Waals surface area contributed by atoms with Crippen molar-refractivity contribution in [1.82, 2.24) is 15.2 Å². The molecule has 0 spiro atoms. The molecule has 8 nitrogen and oxygen atoms in total. The van der Waals surface area contributed by atoms with Crippen LogP contribution >= 0.6 is 15.9 Å². The van der Waals surface area contributed by atoms with Gasteiger partial charge in [-0.15, -0.1) is 0 Å². The van der Waals surface area contributed by atoms with Crippen LogP contribution < -0.4 is 5.32 Å². The number of ether oxygens (including phenoxy) is 1. The summed E-state index contributed by atoms with van der Waals surface area (Å²) in [6.07, 6.45) is 3.28. The second kappa shape index (κ2) is 10.3. The van der Waals surface area contributed by atoms with Gasteiger partial charge >= 0.3 is 6.09 Å². The lowest BCUT2D eigenvalue weighted by Crippen LogP contribution is -2.47. The summed E-state index contributed by atoms with van der Waals surface area (Å²) in [5, 5.41) is 7.69. The fraction of sp³-hybridized carbons (Fsp3) is 0.231. The largest absolute Gasteiger partial charge is 0.444 e. The molecule has 0 saturated heterocycles. The smallest absolute Gasteiger partial charge is 0.411 e. The summed E-state index contributed by atoms with van der Waals surface area (Å²) < 4.78 is 6.31. The molecular formula is C26H23BrN4O4. The summed E-state index contributed by atoms with van der Waals surface area (Å²) in [5.41, 5.74) is 3.49. The first-order valence-corrected chi connectivity index (χ1v) is 12.1. The molecule has 2 atom stereocenters. The minimum atomic E-state index is -0.793. The molecule has 3 heterocycles. The summed E-state index contributed by atoms with van der Waals surface area (Å²) in [5.74, 6) is -0.299. The van der Waals surface area contributed by atoms with E-state index in [4.69, 9.17) is 9.57 Å². The number of hydrogen-bond donors (Lipinski definition) is 1. The van der Waals surface area contributed by atoms with Gasteiger partial charge in [0.1, 0.15) is 17.3 Å². The van der Waals surface area contributed by atoms with Crippen molar-refractivity contribution in [3.05, 3.63) is 84.1 Å². The molecule has 5 rings (SSSR count). The van der Waals surface area contributed by atoms with Gasteiger partial charge in [0, 0.05) is 23.6 Å². The number of nitrogens with zero attached hydrogens (tertiary/aromatic N) is 3. The number of nitrogens with one attached hydrogen (secondary N) is 1. The van der Waals surface area contributed by atoms with Crippen LogP contribution in [0.15, 0.2) is 78.1 Å². The Hall–Kier alpha value is -3.72.